The first-order valence-electron chi connectivity index (χ1n) is 7.48. The minimum absolute atomic E-state index is 0. The quantitative estimate of drug-likeness (QED) is 0.841. The molecule has 24 heavy (non-hydrogen) atoms. The number of halogens is 2. The summed E-state index contributed by atoms with van der Waals surface area (Å²) in [6.45, 7) is 3.07. The summed E-state index contributed by atoms with van der Waals surface area (Å²) in [5, 5.41) is 12.0. The smallest absolute Gasteiger partial charge is 0.341 e. The molecular formula is C16H22Cl2N2O4. The standard InChI is InChI=1S/C16H20N2O4.2ClH/c19-14(20)9-22-13-3-1-12(2-4-13)15-17-10-16(11-18-15)5-7-21-8-6-16;;/h1-4H,5-11H2,(H,17,18)(H,19,20);2*1H. The highest BCUT2D eigenvalue weighted by Crippen LogP contribution is 2.32. The summed E-state index contributed by atoms with van der Waals surface area (Å²) in [6.07, 6.45) is 2.11. The van der Waals surface area contributed by atoms with Gasteiger partial charge < -0.3 is 19.9 Å². The number of aliphatic imine (C=N–C) groups is 1. The molecule has 1 saturated heterocycles. The van der Waals surface area contributed by atoms with E-state index < -0.39 is 5.97 Å². The third kappa shape index (κ3) is 5.00. The van der Waals surface area contributed by atoms with E-state index in [-0.39, 0.29) is 36.8 Å². The second kappa shape index (κ2) is 9.11. The van der Waals surface area contributed by atoms with Gasteiger partial charge in [-0.15, -0.1) is 24.8 Å². The molecule has 0 radical (unpaired) electrons. The minimum atomic E-state index is -0.982. The fraction of sp³-hybridized carbons (Fsp3) is 0.500. The van der Waals surface area contributed by atoms with Crippen LogP contribution in [0.1, 0.15) is 18.4 Å². The number of hydrogen-bond acceptors (Lipinski definition) is 5. The van der Waals surface area contributed by atoms with Crippen LogP contribution in [0, 0.1) is 5.41 Å². The largest absolute Gasteiger partial charge is 0.482 e. The van der Waals surface area contributed by atoms with Crippen molar-refractivity contribution < 1.29 is 19.4 Å². The van der Waals surface area contributed by atoms with Crippen LogP contribution in [0.15, 0.2) is 29.3 Å². The number of nitrogens with one attached hydrogen (secondary N) is 1. The lowest BCUT2D eigenvalue weighted by molar-refractivity contribution is -0.139. The van der Waals surface area contributed by atoms with Gasteiger partial charge in [0.1, 0.15) is 11.6 Å². The van der Waals surface area contributed by atoms with Crippen molar-refractivity contribution in [2.75, 3.05) is 32.9 Å². The summed E-state index contributed by atoms with van der Waals surface area (Å²) in [4.78, 5) is 15.2. The van der Waals surface area contributed by atoms with Gasteiger partial charge in [0.25, 0.3) is 0 Å². The number of carboxylic acids is 1. The van der Waals surface area contributed by atoms with Crippen LogP contribution in [0.3, 0.4) is 0 Å². The molecule has 134 valence electrons. The number of ether oxygens (including phenoxy) is 2. The molecule has 6 nitrogen and oxygen atoms in total. The van der Waals surface area contributed by atoms with Gasteiger partial charge in [0.05, 0.1) is 0 Å². The van der Waals surface area contributed by atoms with Gasteiger partial charge in [-0.05, 0) is 37.1 Å². The Bertz CT molecular complexity index is 572. The summed E-state index contributed by atoms with van der Waals surface area (Å²) >= 11 is 0. The molecule has 2 aliphatic rings. The molecule has 0 aliphatic carbocycles. The number of amidine groups is 1. The molecule has 0 amide bonds. The monoisotopic (exact) mass is 376 g/mol. The lowest BCUT2D eigenvalue weighted by Crippen LogP contribution is -2.47. The second-order valence-corrected chi connectivity index (χ2v) is 5.84. The van der Waals surface area contributed by atoms with Crippen molar-refractivity contribution in [2.45, 2.75) is 12.8 Å². The number of rotatable bonds is 4. The molecule has 0 atom stereocenters. The summed E-state index contributed by atoms with van der Waals surface area (Å²) in [5.41, 5.74) is 1.23. The van der Waals surface area contributed by atoms with Gasteiger partial charge in [-0.3, -0.25) is 4.99 Å². The van der Waals surface area contributed by atoms with Crippen molar-refractivity contribution in [3.63, 3.8) is 0 Å². The van der Waals surface area contributed by atoms with E-state index in [0.29, 0.717) is 5.75 Å². The normalized spacial score (nSPS) is 18.4. The van der Waals surface area contributed by atoms with Gasteiger partial charge in [-0.2, -0.15) is 0 Å². The highest BCUT2D eigenvalue weighted by Gasteiger charge is 2.35. The van der Waals surface area contributed by atoms with Crippen LogP contribution in [-0.2, 0) is 9.53 Å². The van der Waals surface area contributed by atoms with E-state index in [1.165, 1.54) is 0 Å². The molecule has 1 aromatic carbocycles. The van der Waals surface area contributed by atoms with E-state index >= 15 is 0 Å². The van der Waals surface area contributed by atoms with Gasteiger partial charge in [0, 0.05) is 37.3 Å². The Hall–Kier alpha value is -1.50. The van der Waals surface area contributed by atoms with Crippen molar-refractivity contribution in [1.29, 1.82) is 0 Å². The fourth-order valence-corrected chi connectivity index (χ4v) is 2.82. The zero-order valence-corrected chi connectivity index (χ0v) is 14.8. The molecule has 0 bridgehead atoms. The fourth-order valence-electron chi connectivity index (χ4n) is 2.82. The van der Waals surface area contributed by atoms with Crippen LogP contribution < -0.4 is 10.1 Å². The Labute approximate surface area is 153 Å². The first-order chi connectivity index (χ1) is 10.7. The first kappa shape index (κ1) is 20.5. The molecule has 0 aromatic heterocycles. The zero-order chi connectivity index (χ0) is 15.4. The second-order valence-electron chi connectivity index (χ2n) is 5.84. The number of carboxylic acid groups (broad SMARTS) is 1. The van der Waals surface area contributed by atoms with Crippen LogP contribution in [0.2, 0.25) is 0 Å². The Balaban J connectivity index is 0.00000144. The maximum atomic E-state index is 10.5. The van der Waals surface area contributed by atoms with E-state index in [1.807, 2.05) is 12.1 Å². The van der Waals surface area contributed by atoms with Crippen molar-refractivity contribution in [3.05, 3.63) is 29.8 Å². The summed E-state index contributed by atoms with van der Waals surface area (Å²) < 4.78 is 10.6. The van der Waals surface area contributed by atoms with Crippen molar-refractivity contribution in [3.8, 4) is 5.75 Å². The highest BCUT2D eigenvalue weighted by molar-refractivity contribution is 5.99. The predicted octanol–water partition coefficient (Wildman–Crippen LogP) is 2.14. The van der Waals surface area contributed by atoms with E-state index in [9.17, 15) is 4.79 Å². The molecule has 2 aliphatic heterocycles. The van der Waals surface area contributed by atoms with Crippen molar-refractivity contribution in [2.24, 2.45) is 10.4 Å². The Morgan fingerprint density at radius 1 is 1.25 bits per heavy atom. The topological polar surface area (TPSA) is 80.2 Å². The van der Waals surface area contributed by atoms with Gasteiger partial charge >= 0.3 is 5.97 Å². The molecule has 2 N–H and O–H groups in total. The van der Waals surface area contributed by atoms with Crippen LogP contribution in [0.4, 0.5) is 0 Å². The lowest BCUT2D eigenvalue weighted by Gasteiger charge is -2.39. The summed E-state index contributed by atoms with van der Waals surface area (Å²) in [5.74, 6) is 0.453. The van der Waals surface area contributed by atoms with E-state index in [0.717, 1.165) is 50.5 Å². The van der Waals surface area contributed by atoms with Crippen LogP contribution >= 0.6 is 24.8 Å². The third-order valence-corrected chi connectivity index (χ3v) is 4.25. The van der Waals surface area contributed by atoms with Crippen molar-refractivity contribution >= 4 is 36.6 Å². The van der Waals surface area contributed by atoms with Gasteiger partial charge in [0.2, 0.25) is 0 Å². The molecule has 0 saturated carbocycles. The number of aliphatic carboxylic acids is 1. The average molecular weight is 377 g/mol. The van der Waals surface area contributed by atoms with Gasteiger partial charge in [0.15, 0.2) is 6.61 Å². The minimum Gasteiger partial charge on any atom is -0.482 e. The predicted molar refractivity (Wildman–Crippen MR) is 96.0 cm³/mol. The number of benzene rings is 1. The Morgan fingerprint density at radius 2 is 1.92 bits per heavy atom. The van der Waals surface area contributed by atoms with Crippen molar-refractivity contribution in [1.82, 2.24) is 5.32 Å². The Kier molecular flexibility index (Phi) is 7.79. The molecule has 8 heteroatoms. The molecule has 0 unspecified atom stereocenters. The van der Waals surface area contributed by atoms with Crippen LogP contribution in [0.25, 0.3) is 0 Å². The maximum absolute atomic E-state index is 10.5. The number of nitrogens with zero attached hydrogens (tertiary/aromatic N) is 1. The molecular weight excluding hydrogens is 355 g/mol. The average Bonchev–Trinajstić information content (AvgIpc) is 2.55. The number of carbonyl (C=O) groups is 1. The first-order valence-corrected chi connectivity index (χ1v) is 7.48. The van der Waals surface area contributed by atoms with Gasteiger partial charge in [-0.25, -0.2) is 4.79 Å². The molecule has 1 fully saturated rings. The van der Waals surface area contributed by atoms with E-state index in [4.69, 9.17) is 19.6 Å². The highest BCUT2D eigenvalue weighted by atomic mass is 35.5. The lowest BCUT2D eigenvalue weighted by atomic mass is 9.79. The van der Waals surface area contributed by atoms with E-state index in [1.54, 1.807) is 12.1 Å². The van der Waals surface area contributed by atoms with Crippen LogP contribution in [-0.4, -0.2) is 49.8 Å². The maximum Gasteiger partial charge on any atom is 0.341 e. The molecule has 2 heterocycles. The van der Waals surface area contributed by atoms with Gasteiger partial charge in [-0.1, -0.05) is 0 Å². The molecule has 1 aromatic rings. The Morgan fingerprint density at radius 3 is 2.46 bits per heavy atom. The van der Waals surface area contributed by atoms with Crippen LogP contribution in [0.5, 0.6) is 5.75 Å². The zero-order valence-electron chi connectivity index (χ0n) is 13.2. The molecule has 1 spiro atoms. The summed E-state index contributed by atoms with van der Waals surface area (Å²) in [6, 6.07) is 7.32. The van der Waals surface area contributed by atoms with E-state index in [2.05, 4.69) is 5.32 Å². The third-order valence-electron chi connectivity index (χ3n) is 4.25. The SMILES string of the molecule is Cl.Cl.O=C(O)COc1ccc(C2=NCC3(CCOCC3)CN2)cc1. The number of hydrogen-bond donors (Lipinski definition) is 2. The summed E-state index contributed by atoms with van der Waals surface area (Å²) in [7, 11) is 0. The molecule has 3 rings (SSSR count).